The first-order chi connectivity index (χ1) is 20.8. The molecule has 214 valence electrons. The zero-order valence-corrected chi connectivity index (χ0v) is 23.5. The van der Waals surface area contributed by atoms with Gasteiger partial charge in [-0.15, -0.1) is 5.10 Å². The summed E-state index contributed by atoms with van der Waals surface area (Å²) in [6.07, 6.45) is 1.97. The summed E-state index contributed by atoms with van der Waals surface area (Å²) in [6, 6.07) is 33.5. The smallest absolute Gasteiger partial charge is 0.270 e. The van der Waals surface area contributed by atoms with Crippen molar-refractivity contribution in [2.45, 2.75) is 18.9 Å². The number of H-pyrrole nitrogens is 1. The molecule has 4 aromatic carbocycles. The summed E-state index contributed by atoms with van der Waals surface area (Å²) in [5.41, 5.74) is 3.14. The largest absolute Gasteiger partial charge is 0.493 e. The Hall–Kier alpha value is -4.60. The lowest BCUT2D eigenvalue weighted by atomic mass is 9.97. The van der Waals surface area contributed by atoms with Gasteiger partial charge in [0.25, 0.3) is 11.9 Å². The van der Waals surface area contributed by atoms with E-state index in [4.69, 9.17) is 4.74 Å². The Bertz CT molecular complexity index is 1540. The predicted octanol–water partition coefficient (Wildman–Crippen LogP) is 5.17. The van der Waals surface area contributed by atoms with Crippen molar-refractivity contribution in [3.63, 3.8) is 0 Å². The average molecular weight is 562 g/mol. The molecule has 1 aliphatic rings. The van der Waals surface area contributed by atoms with E-state index in [9.17, 15) is 4.79 Å². The summed E-state index contributed by atoms with van der Waals surface area (Å²) in [6.45, 7) is 5.56. The van der Waals surface area contributed by atoms with Gasteiger partial charge in [0.1, 0.15) is 5.75 Å². The van der Waals surface area contributed by atoms with Crippen LogP contribution in [0.15, 0.2) is 97.1 Å². The second-order valence-electron chi connectivity index (χ2n) is 10.5. The molecule has 42 heavy (non-hydrogen) atoms. The van der Waals surface area contributed by atoms with Crippen LogP contribution in [0, 0.1) is 0 Å². The normalized spacial score (nSPS) is 14.6. The minimum Gasteiger partial charge on any atom is -0.493 e. The minimum atomic E-state index is -0.331. The van der Waals surface area contributed by atoms with Crippen LogP contribution in [0.3, 0.4) is 0 Å². The van der Waals surface area contributed by atoms with Crippen LogP contribution in [-0.4, -0.2) is 75.7 Å². The number of carbonyl (C=O) groups is 1. The molecule has 0 radical (unpaired) electrons. The quantitative estimate of drug-likeness (QED) is 0.227. The fourth-order valence-electron chi connectivity index (χ4n) is 5.81. The highest BCUT2D eigenvalue weighted by molar-refractivity contribution is 6.14. The van der Waals surface area contributed by atoms with Gasteiger partial charge < -0.3 is 9.64 Å². The molecule has 0 unspecified atom stereocenters. The van der Waals surface area contributed by atoms with Crippen molar-refractivity contribution in [2.24, 2.45) is 0 Å². The number of fused-ring (bicyclic) bond motifs is 1. The highest BCUT2D eigenvalue weighted by Crippen LogP contribution is 2.30. The van der Waals surface area contributed by atoms with Gasteiger partial charge in [-0.25, -0.2) is 0 Å². The van der Waals surface area contributed by atoms with Crippen molar-refractivity contribution < 1.29 is 9.53 Å². The number of hydrogen-bond acceptors (Lipinski definition) is 7. The molecule has 1 saturated heterocycles. The second kappa shape index (κ2) is 13.4. The monoisotopic (exact) mass is 561 g/mol. The van der Waals surface area contributed by atoms with E-state index in [1.165, 1.54) is 11.1 Å². The topological polar surface area (TPSA) is 99.3 Å². The van der Waals surface area contributed by atoms with E-state index < -0.39 is 0 Å². The third-order valence-electron chi connectivity index (χ3n) is 7.78. The zero-order chi connectivity index (χ0) is 28.6. The fraction of sp³-hybridized carbons (Fsp3) is 0.273. The number of ether oxygens (including phenoxy) is 1. The molecular weight excluding hydrogens is 526 g/mol. The van der Waals surface area contributed by atoms with Crippen molar-refractivity contribution in [1.82, 2.24) is 30.4 Å². The first-order valence-corrected chi connectivity index (χ1v) is 14.5. The average Bonchev–Trinajstić information content (AvgIpc) is 3.44. The van der Waals surface area contributed by atoms with Crippen molar-refractivity contribution in [2.75, 3.05) is 44.6 Å². The lowest BCUT2D eigenvalue weighted by Gasteiger charge is -2.31. The van der Waals surface area contributed by atoms with Crippen molar-refractivity contribution in [3.8, 4) is 5.75 Å². The Kier molecular flexibility index (Phi) is 8.78. The molecule has 2 N–H and O–H groups in total. The van der Waals surface area contributed by atoms with Crippen LogP contribution in [0.25, 0.3) is 10.8 Å². The van der Waals surface area contributed by atoms with Crippen LogP contribution in [0.5, 0.6) is 5.75 Å². The van der Waals surface area contributed by atoms with E-state index in [-0.39, 0.29) is 17.9 Å². The number of aromatic amines is 1. The molecule has 1 fully saturated rings. The van der Waals surface area contributed by atoms with Gasteiger partial charge in [0.05, 0.1) is 18.2 Å². The number of anilines is 1. The van der Waals surface area contributed by atoms with Crippen LogP contribution >= 0.6 is 0 Å². The Labute approximate surface area is 245 Å². The molecule has 0 atom stereocenters. The molecule has 2 heterocycles. The summed E-state index contributed by atoms with van der Waals surface area (Å²) < 4.78 is 6.22. The zero-order valence-electron chi connectivity index (χ0n) is 23.5. The van der Waals surface area contributed by atoms with Crippen LogP contribution in [0.2, 0.25) is 0 Å². The number of rotatable bonds is 10. The molecule has 6 rings (SSSR count). The molecule has 9 heteroatoms. The number of hydrogen-bond donors (Lipinski definition) is 2. The predicted molar refractivity (Wildman–Crippen MR) is 164 cm³/mol. The number of benzene rings is 4. The van der Waals surface area contributed by atoms with Crippen LogP contribution in [0.1, 0.15) is 40.4 Å². The Balaban J connectivity index is 1.08. The maximum atomic E-state index is 13.2. The number of amides is 1. The number of tetrazole rings is 1. The molecular formula is C33H35N7O2. The van der Waals surface area contributed by atoms with Crippen molar-refractivity contribution in [3.05, 3.63) is 114 Å². The SMILES string of the molecule is O=C(Nc1nn[nH]n1)c1c(OCCCN2CCCN(C(c3ccccc3)c3ccccc3)CC2)ccc2ccccc12. The van der Waals surface area contributed by atoms with E-state index >= 15 is 0 Å². The van der Waals surface area contributed by atoms with Gasteiger partial charge in [0.15, 0.2) is 0 Å². The minimum absolute atomic E-state index is 0.121. The summed E-state index contributed by atoms with van der Waals surface area (Å²) in [7, 11) is 0. The summed E-state index contributed by atoms with van der Waals surface area (Å²) in [5, 5.41) is 18.1. The van der Waals surface area contributed by atoms with Crippen LogP contribution in [0.4, 0.5) is 5.95 Å². The highest BCUT2D eigenvalue weighted by atomic mass is 16.5. The lowest BCUT2D eigenvalue weighted by Crippen LogP contribution is -2.34. The summed E-state index contributed by atoms with van der Waals surface area (Å²) in [4.78, 5) is 18.4. The van der Waals surface area contributed by atoms with Crippen molar-refractivity contribution in [1.29, 1.82) is 0 Å². The van der Waals surface area contributed by atoms with Gasteiger partial charge in [0.2, 0.25) is 0 Å². The number of nitrogens with one attached hydrogen (secondary N) is 2. The van der Waals surface area contributed by atoms with Gasteiger partial charge in [-0.3, -0.25) is 15.0 Å². The Morgan fingerprint density at radius 3 is 2.33 bits per heavy atom. The number of carbonyl (C=O) groups excluding carboxylic acids is 1. The molecule has 9 nitrogen and oxygen atoms in total. The second-order valence-corrected chi connectivity index (χ2v) is 10.5. The number of nitrogens with zero attached hydrogens (tertiary/aromatic N) is 5. The Morgan fingerprint density at radius 2 is 1.60 bits per heavy atom. The fourth-order valence-corrected chi connectivity index (χ4v) is 5.81. The van der Waals surface area contributed by atoms with Crippen LogP contribution < -0.4 is 10.1 Å². The molecule has 1 aliphatic heterocycles. The van der Waals surface area contributed by atoms with Crippen molar-refractivity contribution >= 4 is 22.6 Å². The maximum absolute atomic E-state index is 13.2. The van der Waals surface area contributed by atoms with E-state index in [2.05, 4.69) is 96.4 Å². The maximum Gasteiger partial charge on any atom is 0.270 e. The Morgan fingerprint density at radius 1 is 0.857 bits per heavy atom. The third-order valence-corrected chi connectivity index (χ3v) is 7.78. The van der Waals surface area contributed by atoms with Gasteiger partial charge in [-0.05, 0) is 52.6 Å². The van der Waals surface area contributed by atoms with E-state index in [1.54, 1.807) is 0 Å². The molecule has 1 aromatic heterocycles. The van der Waals surface area contributed by atoms with E-state index in [1.807, 2.05) is 36.4 Å². The van der Waals surface area contributed by atoms with Gasteiger partial charge in [-0.2, -0.15) is 5.21 Å². The lowest BCUT2D eigenvalue weighted by molar-refractivity contribution is 0.102. The first kappa shape index (κ1) is 27.6. The third kappa shape index (κ3) is 6.48. The number of aromatic nitrogens is 4. The van der Waals surface area contributed by atoms with E-state index in [0.717, 1.165) is 56.3 Å². The first-order valence-electron chi connectivity index (χ1n) is 14.5. The molecule has 1 amide bonds. The van der Waals surface area contributed by atoms with Crippen LogP contribution in [-0.2, 0) is 0 Å². The standard InChI is InChI=1S/C33H35N7O2/c41-32(34-33-35-37-38-36-33)30-28-16-8-7-11-25(28)17-18-29(30)42-24-10-20-39-19-9-21-40(23-22-39)31(26-12-3-1-4-13-26)27-14-5-2-6-15-27/h1-8,11-18,31H,9-10,19-24H2,(H2,34,35,36,37,38,41). The van der Waals surface area contributed by atoms with E-state index in [0.29, 0.717) is 17.9 Å². The van der Waals surface area contributed by atoms with Gasteiger partial charge >= 0.3 is 0 Å². The highest BCUT2D eigenvalue weighted by Gasteiger charge is 2.25. The molecule has 0 aliphatic carbocycles. The molecule has 0 spiro atoms. The van der Waals surface area contributed by atoms with Gasteiger partial charge in [0, 0.05) is 26.2 Å². The molecule has 0 saturated carbocycles. The summed E-state index contributed by atoms with van der Waals surface area (Å²) >= 11 is 0. The molecule has 5 aromatic rings. The van der Waals surface area contributed by atoms with Gasteiger partial charge in [-0.1, -0.05) is 96.1 Å². The molecule has 0 bridgehead atoms. The summed E-state index contributed by atoms with van der Waals surface area (Å²) in [5.74, 6) is 0.336.